The van der Waals surface area contributed by atoms with Gasteiger partial charge in [-0.15, -0.1) is 0 Å². The van der Waals surface area contributed by atoms with Crippen LogP contribution >= 0.6 is 11.6 Å². The van der Waals surface area contributed by atoms with Gasteiger partial charge in [0.05, 0.1) is 23.9 Å². The van der Waals surface area contributed by atoms with Crippen molar-refractivity contribution in [3.05, 3.63) is 58.6 Å². The van der Waals surface area contributed by atoms with Gasteiger partial charge in [0.15, 0.2) is 0 Å². The molecule has 0 spiro atoms. The van der Waals surface area contributed by atoms with Crippen LogP contribution in [-0.2, 0) is 6.42 Å². The van der Waals surface area contributed by atoms with Crippen LogP contribution in [-0.4, -0.2) is 18.7 Å². The third kappa shape index (κ3) is 3.51. The van der Waals surface area contributed by atoms with Crippen molar-refractivity contribution in [2.45, 2.75) is 25.3 Å². The SMILES string of the molecule is COc1cc(N)c(Cl)cc1C[C@@H]1CCCN(N)[C@@H]1c1ccccc1. The average Bonchev–Trinajstić information content (AvgIpc) is 2.59. The predicted molar refractivity (Wildman–Crippen MR) is 98.9 cm³/mol. The molecule has 1 fully saturated rings. The third-order valence-corrected chi connectivity index (χ3v) is 5.15. The highest BCUT2D eigenvalue weighted by Gasteiger charge is 2.31. The standard InChI is InChI=1S/C19H24ClN3O/c1-24-18-12-17(21)16(20)11-15(18)10-14-8-5-9-23(22)19(14)13-6-3-2-4-7-13/h2-4,6-7,11-12,14,19H,5,8-10,21-22H2,1H3/t14-,19+/m0/s1. The zero-order chi connectivity index (χ0) is 17.1. The number of hydrogen-bond acceptors (Lipinski definition) is 4. The van der Waals surface area contributed by atoms with Crippen molar-refractivity contribution in [3.8, 4) is 5.75 Å². The summed E-state index contributed by atoms with van der Waals surface area (Å²) in [5.74, 6) is 7.53. The molecule has 0 saturated carbocycles. The molecule has 0 aromatic heterocycles. The van der Waals surface area contributed by atoms with E-state index in [2.05, 4.69) is 24.3 Å². The summed E-state index contributed by atoms with van der Waals surface area (Å²) in [6, 6.07) is 14.4. The van der Waals surface area contributed by atoms with Crippen molar-refractivity contribution in [1.29, 1.82) is 0 Å². The third-order valence-electron chi connectivity index (χ3n) is 4.82. The number of methoxy groups -OCH3 is 1. The van der Waals surface area contributed by atoms with Crippen molar-refractivity contribution < 1.29 is 4.74 Å². The van der Waals surface area contributed by atoms with Gasteiger partial charge >= 0.3 is 0 Å². The second-order valence-corrected chi connectivity index (χ2v) is 6.79. The highest BCUT2D eigenvalue weighted by atomic mass is 35.5. The number of nitrogens with zero attached hydrogens (tertiary/aromatic N) is 1. The molecule has 4 nitrogen and oxygen atoms in total. The van der Waals surface area contributed by atoms with Gasteiger partial charge in [-0.1, -0.05) is 41.9 Å². The topological polar surface area (TPSA) is 64.5 Å². The Morgan fingerprint density at radius 2 is 2.00 bits per heavy atom. The Labute approximate surface area is 148 Å². The minimum atomic E-state index is 0.195. The van der Waals surface area contributed by atoms with Crippen LogP contribution in [0.25, 0.3) is 0 Å². The molecule has 0 aliphatic carbocycles. The van der Waals surface area contributed by atoms with Gasteiger partial charge in [0.2, 0.25) is 0 Å². The Morgan fingerprint density at radius 1 is 1.25 bits per heavy atom. The number of hydrazine groups is 1. The minimum absolute atomic E-state index is 0.195. The summed E-state index contributed by atoms with van der Waals surface area (Å²) in [6.07, 6.45) is 3.07. The summed E-state index contributed by atoms with van der Waals surface area (Å²) < 4.78 is 5.51. The van der Waals surface area contributed by atoms with Crippen LogP contribution in [0, 0.1) is 5.92 Å². The first-order valence-electron chi connectivity index (χ1n) is 8.28. The molecule has 24 heavy (non-hydrogen) atoms. The van der Waals surface area contributed by atoms with E-state index in [0.29, 0.717) is 16.6 Å². The highest BCUT2D eigenvalue weighted by molar-refractivity contribution is 6.33. The van der Waals surface area contributed by atoms with Crippen molar-refractivity contribution >= 4 is 17.3 Å². The van der Waals surface area contributed by atoms with Gasteiger partial charge in [0.1, 0.15) is 5.75 Å². The summed E-state index contributed by atoms with van der Waals surface area (Å²) in [7, 11) is 1.66. The van der Waals surface area contributed by atoms with Crippen LogP contribution in [0.15, 0.2) is 42.5 Å². The average molecular weight is 346 g/mol. The van der Waals surface area contributed by atoms with E-state index in [4.69, 9.17) is 27.9 Å². The molecule has 0 unspecified atom stereocenters. The summed E-state index contributed by atoms with van der Waals surface area (Å²) in [4.78, 5) is 0. The number of piperidine rings is 1. The van der Waals surface area contributed by atoms with Crippen molar-refractivity contribution in [1.82, 2.24) is 5.01 Å². The lowest BCUT2D eigenvalue weighted by Crippen LogP contribution is -2.44. The number of rotatable bonds is 4. The van der Waals surface area contributed by atoms with Crippen LogP contribution in [0.4, 0.5) is 5.69 Å². The van der Waals surface area contributed by atoms with Gasteiger partial charge in [0.25, 0.3) is 0 Å². The molecule has 1 saturated heterocycles. The summed E-state index contributed by atoms with van der Waals surface area (Å²) >= 11 is 6.23. The molecule has 2 aromatic rings. The Kier molecular flexibility index (Phi) is 5.29. The molecule has 2 atom stereocenters. The van der Waals surface area contributed by atoms with E-state index >= 15 is 0 Å². The maximum atomic E-state index is 6.34. The van der Waals surface area contributed by atoms with E-state index in [-0.39, 0.29) is 6.04 Å². The second kappa shape index (κ2) is 7.43. The van der Waals surface area contributed by atoms with Gasteiger partial charge < -0.3 is 10.5 Å². The van der Waals surface area contributed by atoms with Crippen LogP contribution in [0.1, 0.15) is 30.0 Å². The lowest BCUT2D eigenvalue weighted by molar-refractivity contribution is 0.0923. The molecule has 0 amide bonds. The van der Waals surface area contributed by atoms with E-state index in [0.717, 1.165) is 37.1 Å². The Morgan fingerprint density at radius 3 is 2.71 bits per heavy atom. The van der Waals surface area contributed by atoms with Crippen LogP contribution < -0.4 is 16.3 Å². The van der Waals surface area contributed by atoms with Crippen LogP contribution in [0.5, 0.6) is 5.75 Å². The molecule has 4 N–H and O–H groups in total. The molecule has 3 rings (SSSR count). The van der Waals surface area contributed by atoms with Gasteiger partial charge in [-0.2, -0.15) is 0 Å². The maximum absolute atomic E-state index is 6.34. The molecule has 0 radical (unpaired) electrons. The molecule has 0 bridgehead atoms. The first-order chi connectivity index (χ1) is 11.6. The number of benzene rings is 2. The summed E-state index contributed by atoms with van der Waals surface area (Å²) in [5, 5.41) is 2.54. The van der Waals surface area contributed by atoms with Gasteiger partial charge in [-0.05, 0) is 42.4 Å². The number of anilines is 1. The van der Waals surface area contributed by atoms with E-state index < -0.39 is 0 Å². The minimum Gasteiger partial charge on any atom is -0.496 e. The van der Waals surface area contributed by atoms with E-state index in [1.807, 2.05) is 17.1 Å². The fourth-order valence-electron chi connectivity index (χ4n) is 3.67. The zero-order valence-electron chi connectivity index (χ0n) is 13.9. The van der Waals surface area contributed by atoms with Crippen molar-refractivity contribution in [3.63, 3.8) is 0 Å². The smallest absolute Gasteiger partial charge is 0.124 e. The molecule has 128 valence electrons. The molecule has 1 aliphatic heterocycles. The highest BCUT2D eigenvalue weighted by Crippen LogP contribution is 2.39. The monoisotopic (exact) mass is 345 g/mol. The zero-order valence-corrected chi connectivity index (χ0v) is 14.7. The number of halogens is 1. The summed E-state index contributed by atoms with van der Waals surface area (Å²) in [6.45, 7) is 0.912. The first-order valence-corrected chi connectivity index (χ1v) is 8.66. The second-order valence-electron chi connectivity index (χ2n) is 6.39. The number of hydrogen-bond donors (Lipinski definition) is 2. The molecule has 2 aromatic carbocycles. The van der Waals surface area contributed by atoms with Gasteiger partial charge in [-0.25, -0.2) is 5.01 Å². The number of ether oxygens (including phenoxy) is 1. The quantitative estimate of drug-likeness (QED) is 0.653. The molecule has 1 heterocycles. The van der Waals surface area contributed by atoms with E-state index in [1.165, 1.54) is 5.56 Å². The van der Waals surface area contributed by atoms with Gasteiger partial charge in [-0.3, -0.25) is 5.84 Å². The predicted octanol–water partition coefficient (Wildman–Crippen LogP) is 3.80. The molecular weight excluding hydrogens is 322 g/mol. The number of nitrogens with two attached hydrogens (primary N) is 2. The Bertz CT molecular complexity index is 693. The Balaban J connectivity index is 1.91. The lowest BCUT2D eigenvalue weighted by Gasteiger charge is -2.39. The van der Waals surface area contributed by atoms with Crippen molar-refractivity contribution in [2.24, 2.45) is 11.8 Å². The normalized spacial score (nSPS) is 21.6. The van der Waals surface area contributed by atoms with Crippen molar-refractivity contribution in [2.75, 3.05) is 19.4 Å². The first kappa shape index (κ1) is 17.1. The molecular formula is C19H24ClN3O. The van der Waals surface area contributed by atoms with Gasteiger partial charge in [0, 0.05) is 12.6 Å². The fraction of sp³-hybridized carbons (Fsp3) is 0.368. The largest absolute Gasteiger partial charge is 0.496 e. The van der Waals surface area contributed by atoms with E-state index in [1.54, 1.807) is 13.2 Å². The maximum Gasteiger partial charge on any atom is 0.124 e. The summed E-state index contributed by atoms with van der Waals surface area (Å²) in [5.41, 5.74) is 8.78. The van der Waals surface area contributed by atoms with Crippen LogP contribution in [0.2, 0.25) is 5.02 Å². The van der Waals surface area contributed by atoms with Crippen LogP contribution in [0.3, 0.4) is 0 Å². The Hall–Kier alpha value is -1.75. The lowest BCUT2D eigenvalue weighted by atomic mass is 9.81. The van der Waals surface area contributed by atoms with E-state index in [9.17, 15) is 0 Å². The molecule has 1 aliphatic rings. The molecule has 5 heteroatoms. The number of nitrogen functional groups attached to an aromatic ring is 1. The fourth-order valence-corrected chi connectivity index (χ4v) is 3.86.